The molecule has 0 fully saturated rings. The number of hydrogen-bond acceptors (Lipinski definition) is 4. The molecule has 0 radical (unpaired) electrons. The normalized spacial score (nSPS) is 12.0. The minimum absolute atomic E-state index is 0.220. The number of nitrogens with one attached hydrogen (secondary N) is 1. The molecule has 1 rings (SSSR count). The monoisotopic (exact) mass is 307 g/mol. The van der Waals surface area contributed by atoms with Gasteiger partial charge in [-0.15, -0.1) is 0 Å². The van der Waals surface area contributed by atoms with Crippen LogP contribution in [0.25, 0.3) is 0 Å². The molecular weight excluding hydrogens is 286 g/mol. The number of allylic oxidation sites excluding steroid dienone is 1. The maximum absolute atomic E-state index is 12.3. The Hall–Kier alpha value is -2.50. The maximum Gasteiger partial charge on any atom is 0.326 e. The van der Waals surface area contributed by atoms with Gasteiger partial charge in [0.05, 0.1) is 14.2 Å². The van der Waals surface area contributed by atoms with Crippen LogP contribution in [0.3, 0.4) is 0 Å². The Morgan fingerprint density at radius 3 is 2.23 bits per heavy atom. The second kappa shape index (κ2) is 8.07. The van der Waals surface area contributed by atoms with E-state index in [1.165, 1.54) is 14.2 Å². The molecule has 0 aliphatic rings. The summed E-state index contributed by atoms with van der Waals surface area (Å²) < 4.78 is 10.4. The molecule has 22 heavy (non-hydrogen) atoms. The van der Waals surface area contributed by atoms with Crippen LogP contribution in [0.1, 0.15) is 29.3 Å². The average molecular weight is 307 g/mol. The van der Waals surface area contributed by atoms with Gasteiger partial charge in [-0.2, -0.15) is 0 Å². The first-order valence-electron chi connectivity index (χ1n) is 6.82. The molecule has 0 aliphatic heterocycles. The summed E-state index contributed by atoms with van der Waals surface area (Å²) in [5.41, 5.74) is 1.05. The van der Waals surface area contributed by atoms with Gasteiger partial charge in [-0.25, -0.2) is 4.79 Å². The molecule has 120 valence electrons. The lowest BCUT2D eigenvalue weighted by atomic mass is 10.1. The van der Waals surface area contributed by atoms with Crippen LogP contribution in [0.4, 0.5) is 0 Å². The van der Waals surface area contributed by atoms with Crippen LogP contribution in [0, 0.1) is 6.92 Å². The summed E-state index contributed by atoms with van der Waals surface area (Å²) in [6.07, 6.45) is 3.65. The average Bonchev–Trinajstić information content (AvgIpc) is 2.50. The van der Waals surface area contributed by atoms with Gasteiger partial charge >= 0.3 is 5.97 Å². The molecule has 0 heterocycles. The molecule has 6 nitrogen and oxygen atoms in total. The van der Waals surface area contributed by atoms with E-state index in [1.807, 2.05) is 6.92 Å². The number of aliphatic carboxylic acids is 1. The molecule has 0 spiro atoms. The first-order valence-corrected chi connectivity index (χ1v) is 6.82. The van der Waals surface area contributed by atoms with E-state index in [9.17, 15) is 9.59 Å². The van der Waals surface area contributed by atoms with Crippen LogP contribution < -0.4 is 14.8 Å². The van der Waals surface area contributed by atoms with Gasteiger partial charge in [0.25, 0.3) is 5.91 Å². The Morgan fingerprint density at radius 1 is 1.27 bits per heavy atom. The molecule has 1 unspecified atom stereocenters. The van der Waals surface area contributed by atoms with Gasteiger partial charge in [0.15, 0.2) is 0 Å². The topological polar surface area (TPSA) is 84.9 Å². The van der Waals surface area contributed by atoms with Crippen LogP contribution in [-0.4, -0.2) is 37.2 Å². The Bertz CT molecular complexity index is 555. The molecule has 0 saturated carbocycles. The van der Waals surface area contributed by atoms with Gasteiger partial charge in [-0.05, 0) is 32.4 Å². The highest BCUT2D eigenvalue weighted by molar-refractivity contribution is 5.97. The number of rotatable bonds is 7. The highest BCUT2D eigenvalue weighted by Crippen LogP contribution is 2.29. The number of carbonyl (C=O) groups excluding carboxylic acids is 1. The van der Waals surface area contributed by atoms with E-state index in [0.717, 1.165) is 5.56 Å². The lowest BCUT2D eigenvalue weighted by Crippen LogP contribution is -2.40. The standard InChI is InChI=1S/C16H21NO5/c1-5-6-7-12(16(19)20)17-15(18)11-8-13(21-3)10(2)14(9-11)22-4/h5-6,8-9,12H,7H2,1-4H3,(H,17,18)(H,19,20)/b6-5+. The van der Waals surface area contributed by atoms with Crippen molar-refractivity contribution in [1.82, 2.24) is 5.32 Å². The number of carbonyl (C=O) groups is 2. The quantitative estimate of drug-likeness (QED) is 0.754. The summed E-state index contributed by atoms with van der Waals surface area (Å²) in [5, 5.41) is 11.6. The number of hydrogen-bond donors (Lipinski definition) is 2. The largest absolute Gasteiger partial charge is 0.496 e. The van der Waals surface area contributed by atoms with Crippen LogP contribution >= 0.6 is 0 Å². The molecule has 1 aromatic rings. The van der Waals surface area contributed by atoms with Crippen molar-refractivity contribution < 1.29 is 24.2 Å². The third-order valence-corrected chi connectivity index (χ3v) is 3.23. The van der Waals surface area contributed by atoms with Crippen LogP contribution in [0.2, 0.25) is 0 Å². The summed E-state index contributed by atoms with van der Waals surface area (Å²) in [7, 11) is 2.99. The number of carboxylic acids is 1. The van der Waals surface area contributed by atoms with E-state index in [2.05, 4.69) is 5.32 Å². The van der Waals surface area contributed by atoms with Crippen LogP contribution in [-0.2, 0) is 4.79 Å². The Kier molecular flexibility index (Phi) is 6.44. The lowest BCUT2D eigenvalue weighted by Gasteiger charge is -2.15. The predicted octanol–water partition coefficient (Wildman–Crippen LogP) is 2.16. The van der Waals surface area contributed by atoms with Crippen molar-refractivity contribution in [2.75, 3.05) is 14.2 Å². The minimum atomic E-state index is -1.09. The lowest BCUT2D eigenvalue weighted by molar-refractivity contribution is -0.139. The van der Waals surface area contributed by atoms with Crippen molar-refractivity contribution in [3.63, 3.8) is 0 Å². The molecule has 0 saturated heterocycles. The van der Waals surface area contributed by atoms with Crippen molar-refractivity contribution >= 4 is 11.9 Å². The second-order valence-electron chi connectivity index (χ2n) is 4.67. The molecule has 1 aromatic carbocycles. The van der Waals surface area contributed by atoms with Gasteiger partial charge in [0.1, 0.15) is 17.5 Å². The van der Waals surface area contributed by atoms with E-state index >= 15 is 0 Å². The number of benzene rings is 1. The van der Waals surface area contributed by atoms with E-state index in [-0.39, 0.29) is 12.0 Å². The van der Waals surface area contributed by atoms with E-state index in [1.54, 1.807) is 31.2 Å². The zero-order valence-electron chi connectivity index (χ0n) is 13.2. The van der Waals surface area contributed by atoms with Gasteiger partial charge < -0.3 is 19.9 Å². The first kappa shape index (κ1) is 17.6. The summed E-state index contributed by atoms with van der Waals surface area (Å²) in [6, 6.07) is 2.13. The molecule has 0 aromatic heterocycles. The fraction of sp³-hybridized carbons (Fsp3) is 0.375. The second-order valence-corrected chi connectivity index (χ2v) is 4.67. The Balaban J connectivity index is 3.03. The van der Waals surface area contributed by atoms with E-state index in [4.69, 9.17) is 14.6 Å². The fourth-order valence-electron chi connectivity index (χ4n) is 1.95. The number of ether oxygens (including phenoxy) is 2. The summed E-state index contributed by atoms with van der Waals surface area (Å²) in [5.74, 6) is -0.569. The molecule has 0 aliphatic carbocycles. The Labute approximate surface area is 129 Å². The van der Waals surface area contributed by atoms with E-state index in [0.29, 0.717) is 11.5 Å². The van der Waals surface area contributed by atoms with E-state index < -0.39 is 17.9 Å². The smallest absolute Gasteiger partial charge is 0.326 e. The summed E-state index contributed by atoms with van der Waals surface area (Å²) >= 11 is 0. The third-order valence-electron chi connectivity index (χ3n) is 3.23. The van der Waals surface area contributed by atoms with Crippen LogP contribution in [0.5, 0.6) is 11.5 Å². The maximum atomic E-state index is 12.3. The summed E-state index contributed by atoms with van der Waals surface area (Å²) in [4.78, 5) is 23.4. The number of amides is 1. The highest BCUT2D eigenvalue weighted by atomic mass is 16.5. The van der Waals surface area contributed by atoms with Crippen molar-refractivity contribution in [2.24, 2.45) is 0 Å². The first-order chi connectivity index (χ1) is 10.4. The minimum Gasteiger partial charge on any atom is -0.496 e. The zero-order chi connectivity index (χ0) is 16.7. The highest BCUT2D eigenvalue weighted by Gasteiger charge is 2.21. The van der Waals surface area contributed by atoms with Gasteiger partial charge in [-0.3, -0.25) is 4.79 Å². The van der Waals surface area contributed by atoms with Gasteiger partial charge in [0.2, 0.25) is 0 Å². The van der Waals surface area contributed by atoms with Crippen molar-refractivity contribution in [2.45, 2.75) is 26.3 Å². The third kappa shape index (κ3) is 4.25. The predicted molar refractivity (Wildman–Crippen MR) is 82.6 cm³/mol. The zero-order valence-corrected chi connectivity index (χ0v) is 13.2. The molecule has 2 N–H and O–H groups in total. The molecule has 6 heteroatoms. The molecule has 1 atom stereocenters. The van der Waals surface area contributed by atoms with Crippen molar-refractivity contribution in [3.05, 3.63) is 35.4 Å². The Morgan fingerprint density at radius 2 is 1.82 bits per heavy atom. The van der Waals surface area contributed by atoms with Crippen molar-refractivity contribution in [1.29, 1.82) is 0 Å². The van der Waals surface area contributed by atoms with Gasteiger partial charge in [0, 0.05) is 11.1 Å². The molecular formula is C16H21NO5. The molecule has 0 bridgehead atoms. The van der Waals surface area contributed by atoms with Gasteiger partial charge in [-0.1, -0.05) is 12.2 Å². The SMILES string of the molecule is C/C=C/CC(NC(=O)c1cc(OC)c(C)c(OC)c1)C(=O)O. The fourth-order valence-corrected chi connectivity index (χ4v) is 1.95. The number of methoxy groups -OCH3 is 2. The summed E-state index contributed by atoms with van der Waals surface area (Å²) in [6.45, 7) is 3.60. The molecule has 1 amide bonds. The number of carboxylic acid groups (broad SMARTS) is 1. The van der Waals surface area contributed by atoms with Crippen LogP contribution in [0.15, 0.2) is 24.3 Å². The van der Waals surface area contributed by atoms with Crippen molar-refractivity contribution in [3.8, 4) is 11.5 Å².